The van der Waals surface area contributed by atoms with Crippen molar-refractivity contribution >= 4 is 11.6 Å². The maximum absolute atomic E-state index is 6.71. The molecule has 0 amide bonds. The van der Waals surface area contributed by atoms with Gasteiger partial charge in [0.2, 0.25) is 0 Å². The van der Waals surface area contributed by atoms with Crippen molar-refractivity contribution in [2.75, 3.05) is 0 Å². The molecule has 0 spiro atoms. The molecule has 2 rings (SSSR count). The average molecular weight is 252 g/mol. The fourth-order valence-electron chi connectivity index (χ4n) is 3.09. The molecule has 2 heteroatoms. The Morgan fingerprint density at radius 2 is 2.12 bits per heavy atom. The Labute approximate surface area is 110 Å². The first-order valence-corrected chi connectivity index (χ1v) is 7.16. The van der Waals surface area contributed by atoms with E-state index in [2.05, 4.69) is 24.9 Å². The molecular weight excluding hydrogens is 230 g/mol. The largest absolute Gasteiger partial charge is 0.261 e. The van der Waals surface area contributed by atoms with Crippen molar-refractivity contribution in [2.24, 2.45) is 5.41 Å². The summed E-state index contributed by atoms with van der Waals surface area (Å²) in [7, 11) is 0. The SMILES string of the molecule is CCC1(C(Cl)Cc2ncccc2C)CCCC1. The summed E-state index contributed by atoms with van der Waals surface area (Å²) in [5.41, 5.74) is 2.81. The van der Waals surface area contributed by atoms with Gasteiger partial charge in [-0.05, 0) is 43.2 Å². The number of hydrogen-bond acceptors (Lipinski definition) is 1. The van der Waals surface area contributed by atoms with Crippen molar-refractivity contribution in [3.8, 4) is 0 Å². The summed E-state index contributed by atoms with van der Waals surface area (Å²) in [6.07, 6.45) is 9.28. The molecular formula is C15H22ClN. The van der Waals surface area contributed by atoms with Crippen LogP contribution in [0, 0.1) is 12.3 Å². The van der Waals surface area contributed by atoms with Gasteiger partial charge in [0, 0.05) is 23.7 Å². The molecule has 1 aromatic rings. The van der Waals surface area contributed by atoms with Crippen LogP contribution in [-0.2, 0) is 6.42 Å². The predicted molar refractivity (Wildman–Crippen MR) is 73.5 cm³/mol. The Morgan fingerprint density at radius 3 is 2.71 bits per heavy atom. The first kappa shape index (κ1) is 12.9. The summed E-state index contributed by atoms with van der Waals surface area (Å²) in [5.74, 6) is 0. The lowest BCUT2D eigenvalue weighted by Crippen LogP contribution is -2.30. The molecule has 17 heavy (non-hydrogen) atoms. The molecule has 0 radical (unpaired) electrons. The van der Waals surface area contributed by atoms with Gasteiger partial charge in [-0.25, -0.2) is 0 Å². The van der Waals surface area contributed by atoms with Crippen LogP contribution in [0.25, 0.3) is 0 Å². The fraction of sp³-hybridized carbons (Fsp3) is 0.667. The topological polar surface area (TPSA) is 12.9 Å². The molecule has 1 aliphatic rings. The molecule has 1 atom stereocenters. The van der Waals surface area contributed by atoms with E-state index in [1.54, 1.807) is 0 Å². The molecule has 1 nitrogen and oxygen atoms in total. The van der Waals surface area contributed by atoms with Gasteiger partial charge in [0.25, 0.3) is 0 Å². The number of hydrogen-bond donors (Lipinski definition) is 0. The van der Waals surface area contributed by atoms with Gasteiger partial charge in [0.05, 0.1) is 0 Å². The molecule has 0 aliphatic heterocycles. The minimum atomic E-state index is 0.239. The number of nitrogens with zero attached hydrogens (tertiary/aromatic N) is 1. The quantitative estimate of drug-likeness (QED) is 0.718. The second-order valence-electron chi connectivity index (χ2n) is 5.36. The normalized spacial score (nSPS) is 20.4. The monoisotopic (exact) mass is 251 g/mol. The van der Waals surface area contributed by atoms with Crippen molar-refractivity contribution in [3.05, 3.63) is 29.6 Å². The van der Waals surface area contributed by atoms with Crippen LogP contribution in [0.3, 0.4) is 0 Å². The minimum Gasteiger partial charge on any atom is -0.261 e. The van der Waals surface area contributed by atoms with Crippen molar-refractivity contribution in [3.63, 3.8) is 0 Å². The van der Waals surface area contributed by atoms with Crippen molar-refractivity contribution in [1.82, 2.24) is 4.98 Å². The molecule has 1 heterocycles. The standard InChI is InChI=1S/C15H22ClN/c1-3-15(8-4-5-9-15)14(16)11-13-12(2)7-6-10-17-13/h6-7,10,14H,3-5,8-9,11H2,1-2H3. The maximum Gasteiger partial charge on any atom is 0.0447 e. The maximum atomic E-state index is 6.71. The lowest BCUT2D eigenvalue weighted by Gasteiger charge is -2.33. The molecule has 0 N–H and O–H groups in total. The van der Waals surface area contributed by atoms with Gasteiger partial charge in [0.15, 0.2) is 0 Å². The van der Waals surface area contributed by atoms with E-state index in [-0.39, 0.29) is 5.38 Å². The van der Waals surface area contributed by atoms with Crippen LogP contribution in [0.15, 0.2) is 18.3 Å². The third kappa shape index (κ3) is 2.65. The highest BCUT2D eigenvalue weighted by atomic mass is 35.5. The Balaban J connectivity index is 2.10. The number of rotatable bonds is 4. The van der Waals surface area contributed by atoms with Crippen LogP contribution in [-0.4, -0.2) is 10.4 Å². The van der Waals surface area contributed by atoms with Gasteiger partial charge in [0.1, 0.15) is 0 Å². The summed E-state index contributed by atoms with van der Waals surface area (Å²) in [4.78, 5) is 4.47. The zero-order valence-corrected chi connectivity index (χ0v) is 11.6. The second kappa shape index (κ2) is 5.39. The first-order valence-electron chi connectivity index (χ1n) is 6.72. The smallest absolute Gasteiger partial charge is 0.0447 e. The van der Waals surface area contributed by atoms with Crippen molar-refractivity contribution < 1.29 is 0 Å². The summed E-state index contributed by atoms with van der Waals surface area (Å²) >= 11 is 6.71. The summed E-state index contributed by atoms with van der Waals surface area (Å²) in [5, 5.41) is 0.239. The summed E-state index contributed by atoms with van der Waals surface area (Å²) in [6, 6.07) is 4.12. The van der Waals surface area contributed by atoms with Crippen molar-refractivity contribution in [1.29, 1.82) is 0 Å². The highest BCUT2D eigenvalue weighted by Gasteiger charge is 2.38. The van der Waals surface area contributed by atoms with E-state index < -0.39 is 0 Å². The van der Waals surface area contributed by atoms with Crippen LogP contribution in [0.4, 0.5) is 0 Å². The third-order valence-electron chi connectivity index (χ3n) is 4.46. The Morgan fingerprint density at radius 1 is 1.41 bits per heavy atom. The molecule has 1 fully saturated rings. The van der Waals surface area contributed by atoms with Gasteiger partial charge in [-0.1, -0.05) is 25.8 Å². The predicted octanol–water partition coefficient (Wildman–Crippen LogP) is 4.51. The van der Waals surface area contributed by atoms with Crippen LogP contribution in [0.5, 0.6) is 0 Å². The molecule has 94 valence electrons. The Bertz CT molecular complexity index is 369. The Kier molecular flexibility index (Phi) is 4.09. The van der Waals surface area contributed by atoms with Gasteiger partial charge in [-0.2, -0.15) is 0 Å². The van der Waals surface area contributed by atoms with E-state index in [1.807, 2.05) is 12.3 Å². The van der Waals surface area contributed by atoms with Gasteiger partial charge < -0.3 is 0 Å². The molecule has 0 saturated heterocycles. The molecule has 1 saturated carbocycles. The molecule has 1 unspecified atom stereocenters. The number of aromatic nitrogens is 1. The highest BCUT2D eigenvalue weighted by Crippen LogP contribution is 2.46. The fourth-order valence-corrected chi connectivity index (χ4v) is 3.60. The van der Waals surface area contributed by atoms with E-state index in [9.17, 15) is 0 Å². The number of pyridine rings is 1. The van der Waals surface area contributed by atoms with E-state index in [4.69, 9.17) is 11.6 Å². The van der Waals surface area contributed by atoms with Gasteiger partial charge in [-0.3, -0.25) is 4.98 Å². The van der Waals surface area contributed by atoms with E-state index in [0.29, 0.717) is 5.41 Å². The third-order valence-corrected chi connectivity index (χ3v) is 5.08. The zero-order valence-electron chi connectivity index (χ0n) is 10.9. The number of halogens is 1. The second-order valence-corrected chi connectivity index (χ2v) is 5.89. The van der Waals surface area contributed by atoms with E-state index in [0.717, 1.165) is 6.42 Å². The van der Waals surface area contributed by atoms with Gasteiger partial charge >= 0.3 is 0 Å². The summed E-state index contributed by atoms with van der Waals surface area (Å²) in [6.45, 7) is 4.41. The highest BCUT2D eigenvalue weighted by molar-refractivity contribution is 6.21. The molecule has 0 aromatic carbocycles. The summed E-state index contributed by atoms with van der Waals surface area (Å²) < 4.78 is 0. The molecule has 1 aliphatic carbocycles. The van der Waals surface area contributed by atoms with Crippen LogP contribution >= 0.6 is 11.6 Å². The number of aryl methyl sites for hydroxylation is 1. The molecule has 0 bridgehead atoms. The first-order chi connectivity index (χ1) is 8.18. The van der Waals surface area contributed by atoms with Crippen molar-refractivity contribution in [2.45, 2.75) is 57.7 Å². The lowest BCUT2D eigenvalue weighted by molar-refractivity contribution is 0.266. The van der Waals surface area contributed by atoms with Crippen LogP contribution < -0.4 is 0 Å². The molecule has 1 aromatic heterocycles. The van der Waals surface area contributed by atoms with Gasteiger partial charge in [-0.15, -0.1) is 11.6 Å². The number of alkyl halides is 1. The minimum absolute atomic E-state index is 0.239. The average Bonchev–Trinajstić information content (AvgIpc) is 2.82. The lowest BCUT2D eigenvalue weighted by atomic mass is 9.78. The zero-order chi connectivity index (χ0) is 12.3. The Hall–Kier alpha value is -0.560. The van der Waals surface area contributed by atoms with E-state index >= 15 is 0 Å². The van der Waals surface area contributed by atoms with Crippen LogP contribution in [0.2, 0.25) is 0 Å². The van der Waals surface area contributed by atoms with E-state index in [1.165, 1.54) is 43.4 Å². The van der Waals surface area contributed by atoms with Crippen LogP contribution in [0.1, 0.15) is 50.3 Å².